The van der Waals surface area contributed by atoms with Gasteiger partial charge in [-0.25, -0.2) is 18.6 Å². The summed E-state index contributed by atoms with van der Waals surface area (Å²) in [4.78, 5) is 30.2. The third kappa shape index (κ3) is 4.00. The van der Waals surface area contributed by atoms with E-state index in [0.717, 1.165) is 12.8 Å². The summed E-state index contributed by atoms with van der Waals surface area (Å²) in [5.41, 5.74) is 0.380. The Morgan fingerprint density at radius 2 is 2.03 bits per heavy atom. The van der Waals surface area contributed by atoms with Gasteiger partial charge in [-0.1, -0.05) is 24.3 Å². The highest BCUT2D eigenvalue weighted by atomic mass is 32.1. The van der Waals surface area contributed by atoms with Crippen LogP contribution in [0.15, 0.2) is 58.8 Å². The molecule has 1 N–H and O–H groups in total. The van der Waals surface area contributed by atoms with Gasteiger partial charge in [0.1, 0.15) is 11.6 Å². The number of ether oxygens (including phenoxy) is 1. The summed E-state index contributed by atoms with van der Waals surface area (Å²) in [5.74, 6) is -0.866. The van der Waals surface area contributed by atoms with Gasteiger partial charge < -0.3 is 10.1 Å². The number of fused-ring (bicyclic) bond motifs is 1. The van der Waals surface area contributed by atoms with E-state index in [1.54, 1.807) is 24.4 Å². The minimum absolute atomic E-state index is 0.0607. The summed E-state index contributed by atoms with van der Waals surface area (Å²) >= 11 is 1.21. The third-order valence-corrected chi connectivity index (χ3v) is 6.48. The Morgan fingerprint density at radius 1 is 1.24 bits per heavy atom. The van der Waals surface area contributed by atoms with E-state index in [0.29, 0.717) is 16.4 Å². The Hall–Kier alpha value is -3.59. The molecule has 1 fully saturated rings. The maximum atomic E-state index is 14.7. The van der Waals surface area contributed by atoms with E-state index >= 15 is 0 Å². The van der Waals surface area contributed by atoms with E-state index in [-0.39, 0.29) is 28.3 Å². The molecule has 9 heteroatoms. The molecule has 1 saturated carbocycles. The molecule has 1 amide bonds. The monoisotopic (exact) mass is 467 g/mol. The molecular weight excluding hydrogens is 448 g/mol. The number of benzene rings is 2. The molecule has 0 aliphatic heterocycles. The Morgan fingerprint density at radius 3 is 2.73 bits per heavy atom. The Balaban J connectivity index is 1.55. The SMILES string of the molecule is Cc1c(OC(=O)N[C@H](c2cccc(F)c2)C2CC2)c2cccc(F)c2c(=O)n1-c1nccs1. The number of aromatic nitrogens is 2. The molecule has 1 aliphatic rings. The molecule has 2 aromatic carbocycles. The maximum absolute atomic E-state index is 14.7. The Labute approximate surface area is 191 Å². The summed E-state index contributed by atoms with van der Waals surface area (Å²) < 4.78 is 35.4. The van der Waals surface area contributed by atoms with Crippen molar-refractivity contribution in [3.05, 3.63) is 87.3 Å². The van der Waals surface area contributed by atoms with Crippen molar-refractivity contribution in [3.63, 3.8) is 0 Å². The number of nitrogens with one attached hydrogen (secondary N) is 1. The first-order chi connectivity index (χ1) is 15.9. The van der Waals surface area contributed by atoms with Gasteiger partial charge >= 0.3 is 6.09 Å². The van der Waals surface area contributed by atoms with Gasteiger partial charge in [0.2, 0.25) is 0 Å². The van der Waals surface area contributed by atoms with E-state index in [2.05, 4.69) is 10.3 Å². The predicted molar refractivity (Wildman–Crippen MR) is 121 cm³/mol. The fourth-order valence-corrected chi connectivity index (χ4v) is 4.72. The zero-order valence-corrected chi connectivity index (χ0v) is 18.4. The minimum atomic E-state index is -0.769. The molecule has 33 heavy (non-hydrogen) atoms. The van der Waals surface area contributed by atoms with Crippen molar-refractivity contribution >= 4 is 28.2 Å². The summed E-state index contributed by atoms with van der Waals surface area (Å²) in [7, 11) is 0. The van der Waals surface area contributed by atoms with Gasteiger partial charge in [-0.3, -0.25) is 9.36 Å². The average molecular weight is 467 g/mol. The molecule has 6 nitrogen and oxygen atoms in total. The first-order valence-electron chi connectivity index (χ1n) is 10.4. The van der Waals surface area contributed by atoms with Crippen LogP contribution in [0.5, 0.6) is 5.75 Å². The number of hydrogen-bond donors (Lipinski definition) is 1. The molecule has 1 atom stereocenters. The van der Waals surface area contributed by atoms with Crippen LogP contribution < -0.4 is 15.6 Å². The number of carbonyl (C=O) groups is 1. The lowest BCUT2D eigenvalue weighted by molar-refractivity contribution is 0.194. The highest BCUT2D eigenvalue weighted by Gasteiger charge is 2.34. The predicted octanol–water partition coefficient (Wildman–Crippen LogP) is 5.27. The molecule has 0 radical (unpaired) electrons. The second kappa shape index (κ2) is 8.40. The number of carbonyl (C=O) groups excluding carboxylic acids is 1. The summed E-state index contributed by atoms with van der Waals surface area (Å²) in [6.07, 6.45) is 2.57. The molecule has 0 spiro atoms. The van der Waals surface area contributed by atoms with Crippen LogP contribution >= 0.6 is 11.3 Å². The Kier molecular flexibility index (Phi) is 5.41. The molecular formula is C24H19F2N3O3S. The van der Waals surface area contributed by atoms with E-state index < -0.39 is 23.5 Å². The fourth-order valence-electron chi connectivity index (χ4n) is 4.03. The zero-order chi connectivity index (χ0) is 23.1. The smallest absolute Gasteiger partial charge is 0.408 e. The van der Waals surface area contributed by atoms with Gasteiger partial charge in [0, 0.05) is 17.0 Å². The zero-order valence-electron chi connectivity index (χ0n) is 17.5. The van der Waals surface area contributed by atoms with Crippen LogP contribution in [0.4, 0.5) is 13.6 Å². The van der Waals surface area contributed by atoms with Crippen LogP contribution in [0.25, 0.3) is 15.9 Å². The third-order valence-electron chi connectivity index (χ3n) is 5.72. The summed E-state index contributed by atoms with van der Waals surface area (Å²) in [5, 5.41) is 4.85. The first kappa shape index (κ1) is 21.3. The number of amides is 1. The maximum Gasteiger partial charge on any atom is 0.413 e. The Bertz CT molecular complexity index is 1410. The van der Waals surface area contributed by atoms with Crippen molar-refractivity contribution < 1.29 is 18.3 Å². The van der Waals surface area contributed by atoms with Gasteiger partial charge in [0.15, 0.2) is 10.9 Å². The molecule has 2 aromatic heterocycles. The van der Waals surface area contributed by atoms with Gasteiger partial charge in [-0.2, -0.15) is 0 Å². The molecule has 168 valence electrons. The molecule has 4 aromatic rings. The second-order valence-electron chi connectivity index (χ2n) is 7.94. The summed E-state index contributed by atoms with van der Waals surface area (Å²) in [6, 6.07) is 9.84. The number of rotatable bonds is 5. The topological polar surface area (TPSA) is 73.2 Å². The van der Waals surface area contributed by atoms with Crippen LogP contribution in [-0.4, -0.2) is 15.6 Å². The van der Waals surface area contributed by atoms with Gasteiger partial charge in [-0.05, 0) is 49.4 Å². The molecule has 1 aliphatic carbocycles. The summed E-state index contributed by atoms with van der Waals surface area (Å²) in [6.45, 7) is 1.61. The van der Waals surface area contributed by atoms with Crippen molar-refractivity contribution in [2.45, 2.75) is 25.8 Å². The number of nitrogens with zero attached hydrogens (tertiary/aromatic N) is 2. The van der Waals surface area contributed by atoms with Crippen LogP contribution in [0.3, 0.4) is 0 Å². The molecule has 2 heterocycles. The van der Waals surface area contributed by atoms with Crippen LogP contribution in [-0.2, 0) is 0 Å². The molecule has 0 saturated heterocycles. The molecule has 5 rings (SSSR count). The number of pyridine rings is 1. The van der Waals surface area contributed by atoms with Gasteiger partial charge in [0.05, 0.1) is 17.1 Å². The van der Waals surface area contributed by atoms with E-state index in [1.807, 2.05) is 0 Å². The van der Waals surface area contributed by atoms with E-state index in [1.165, 1.54) is 52.4 Å². The van der Waals surface area contributed by atoms with Crippen molar-refractivity contribution in [3.8, 4) is 10.9 Å². The fraction of sp³-hybridized carbons (Fsp3) is 0.208. The minimum Gasteiger partial charge on any atom is -0.408 e. The first-order valence-corrected chi connectivity index (χ1v) is 11.3. The van der Waals surface area contributed by atoms with Gasteiger partial charge in [-0.15, -0.1) is 11.3 Å². The lowest BCUT2D eigenvalue weighted by Crippen LogP contribution is -2.33. The molecule has 0 bridgehead atoms. The number of halogens is 2. The second-order valence-corrected chi connectivity index (χ2v) is 8.81. The normalized spacial score (nSPS) is 14.3. The quantitative estimate of drug-likeness (QED) is 0.434. The van der Waals surface area contributed by atoms with Crippen molar-refractivity contribution in [1.29, 1.82) is 0 Å². The van der Waals surface area contributed by atoms with Crippen LogP contribution in [0.1, 0.15) is 30.1 Å². The van der Waals surface area contributed by atoms with Crippen molar-refractivity contribution in [2.24, 2.45) is 5.92 Å². The van der Waals surface area contributed by atoms with E-state index in [9.17, 15) is 18.4 Å². The van der Waals surface area contributed by atoms with Crippen molar-refractivity contribution in [2.75, 3.05) is 0 Å². The molecule has 0 unspecified atom stereocenters. The average Bonchev–Trinajstić information content (AvgIpc) is 3.49. The largest absolute Gasteiger partial charge is 0.413 e. The van der Waals surface area contributed by atoms with Crippen LogP contribution in [0.2, 0.25) is 0 Å². The number of hydrogen-bond acceptors (Lipinski definition) is 5. The standard InChI is InChI=1S/C24H19F2N3O3S/c1-13-21(32-24(31)28-20(14-8-9-14)15-4-2-5-16(25)12-15)17-6-3-7-18(26)19(17)22(30)29(13)23-27-10-11-33-23/h2-7,10-12,14,20H,8-9H2,1H3,(H,28,31)/t20-/m0/s1. The lowest BCUT2D eigenvalue weighted by atomic mass is 10.0. The highest BCUT2D eigenvalue weighted by molar-refractivity contribution is 7.12. The number of thiazole rings is 1. The van der Waals surface area contributed by atoms with Gasteiger partial charge in [0.25, 0.3) is 5.56 Å². The highest BCUT2D eigenvalue weighted by Crippen LogP contribution is 2.41. The van der Waals surface area contributed by atoms with Crippen LogP contribution in [0, 0.1) is 24.5 Å². The lowest BCUT2D eigenvalue weighted by Gasteiger charge is -2.20. The van der Waals surface area contributed by atoms with Crippen molar-refractivity contribution in [1.82, 2.24) is 14.9 Å². The van der Waals surface area contributed by atoms with E-state index in [4.69, 9.17) is 4.74 Å².